The third-order valence-electron chi connectivity index (χ3n) is 3.81. The summed E-state index contributed by atoms with van der Waals surface area (Å²) in [5.41, 5.74) is 1.12. The monoisotopic (exact) mass is 275 g/mol. The lowest BCUT2D eigenvalue weighted by atomic mass is 9.75. The number of hydrogen-bond acceptors (Lipinski definition) is 3. The third-order valence-corrected chi connectivity index (χ3v) is 3.81. The number of aromatic amines is 1. The Morgan fingerprint density at radius 2 is 1.80 bits per heavy atom. The van der Waals surface area contributed by atoms with Crippen LogP contribution in [0.5, 0.6) is 0 Å². The van der Waals surface area contributed by atoms with E-state index in [4.69, 9.17) is 0 Å². The molecule has 20 heavy (non-hydrogen) atoms. The van der Waals surface area contributed by atoms with Gasteiger partial charge in [-0.1, -0.05) is 27.7 Å². The van der Waals surface area contributed by atoms with E-state index in [9.17, 15) is 14.4 Å². The van der Waals surface area contributed by atoms with E-state index in [0.717, 1.165) is 0 Å². The second-order valence-electron chi connectivity index (χ2n) is 6.75. The van der Waals surface area contributed by atoms with Gasteiger partial charge in [0.05, 0.1) is 11.1 Å². The maximum absolute atomic E-state index is 12.5. The number of pyridine rings is 1. The van der Waals surface area contributed by atoms with Gasteiger partial charge < -0.3 is 4.98 Å². The lowest BCUT2D eigenvalue weighted by molar-refractivity contribution is 0.0908. The molecule has 1 aromatic heterocycles. The van der Waals surface area contributed by atoms with Crippen LogP contribution in [0.2, 0.25) is 0 Å². The van der Waals surface area contributed by atoms with Gasteiger partial charge in [-0.15, -0.1) is 0 Å². The Balaban J connectivity index is 2.80. The van der Waals surface area contributed by atoms with Crippen LogP contribution in [-0.4, -0.2) is 16.6 Å². The number of rotatable bonds is 2. The van der Waals surface area contributed by atoms with Crippen molar-refractivity contribution in [3.8, 4) is 0 Å². The fourth-order valence-corrected chi connectivity index (χ4v) is 2.95. The van der Waals surface area contributed by atoms with E-state index >= 15 is 0 Å². The molecule has 1 aliphatic carbocycles. The number of aromatic nitrogens is 1. The minimum absolute atomic E-state index is 0.0343. The van der Waals surface area contributed by atoms with Gasteiger partial charge in [0, 0.05) is 17.8 Å². The average Bonchev–Trinajstić information content (AvgIpc) is 2.24. The number of hydrogen-bond donors (Lipinski definition) is 1. The smallest absolute Gasteiger partial charge is 0.203 e. The fourth-order valence-electron chi connectivity index (χ4n) is 2.95. The van der Waals surface area contributed by atoms with Gasteiger partial charge >= 0.3 is 0 Å². The number of H-pyrrole nitrogens is 1. The fraction of sp³-hybridized carbons (Fsp3) is 0.562. The van der Waals surface area contributed by atoms with E-state index in [2.05, 4.69) is 4.98 Å². The number of Topliss-reactive ketones (excluding diaryl/α,β-unsaturated/α-hetero) is 2. The van der Waals surface area contributed by atoms with Crippen LogP contribution in [0.3, 0.4) is 0 Å². The van der Waals surface area contributed by atoms with Crippen molar-refractivity contribution in [3.05, 3.63) is 32.7 Å². The number of carbonyl (C=O) groups excluding carboxylic acids is 2. The minimum atomic E-state index is -0.393. The second kappa shape index (κ2) is 4.69. The summed E-state index contributed by atoms with van der Waals surface area (Å²) in [5.74, 6) is -0.405. The first kappa shape index (κ1) is 14.7. The van der Waals surface area contributed by atoms with Crippen molar-refractivity contribution in [3.63, 3.8) is 0 Å². The van der Waals surface area contributed by atoms with Crippen LogP contribution in [0.4, 0.5) is 0 Å². The Bertz CT molecular complexity index is 650. The van der Waals surface area contributed by atoms with E-state index in [1.807, 2.05) is 27.7 Å². The minimum Gasteiger partial charge on any atom is -0.361 e. The summed E-state index contributed by atoms with van der Waals surface area (Å²) >= 11 is 0. The molecule has 0 fully saturated rings. The average molecular weight is 275 g/mol. The highest BCUT2D eigenvalue weighted by atomic mass is 16.1. The van der Waals surface area contributed by atoms with Gasteiger partial charge in [-0.2, -0.15) is 0 Å². The maximum Gasteiger partial charge on any atom is 0.203 e. The standard InChI is InChI=1S/C16H21NO3/c1-8(2)14-12(9(3)18)15(20)13-10(17-14)6-16(4,5)7-11(13)19/h8H,6-7H2,1-5H3,(H,17,20). The molecule has 1 aliphatic rings. The van der Waals surface area contributed by atoms with Gasteiger partial charge in [-0.05, 0) is 24.7 Å². The molecule has 0 amide bonds. The molecule has 0 unspecified atom stereocenters. The van der Waals surface area contributed by atoms with Crippen molar-refractivity contribution in [2.75, 3.05) is 0 Å². The lowest BCUT2D eigenvalue weighted by Gasteiger charge is -2.30. The molecule has 0 saturated heterocycles. The largest absolute Gasteiger partial charge is 0.361 e. The summed E-state index contributed by atoms with van der Waals surface area (Å²) in [6.45, 7) is 9.26. The Kier molecular flexibility index (Phi) is 3.44. The molecule has 0 aliphatic heterocycles. The van der Waals surface area contributed by atoms with Crippen LogP contribution in [-0.2, 0) is 6.42 Å². The second-order valence-corrected chi connectivity index (χ2v) is 6.75. The summed E-state index contributed by atoms with van der Waals surface area (Å²) < 4.78 is 0. The van der Waals surface area contributed by atoms with Gasteiger partial charge in [0.25, 0.3) is 0 Å². The molecule has 0 spiro atoms. The number of nitrogens with one attached hydrogen (secondary N) is 1. The highest BCUT2D eigenvalue weighted by Gasteiger charge is 2.35. The van der Waals surface area contributed by atoms with Crippen LogP contribution >= 0.6 is 0 Å². The normalized spacial score (nSPS) is 17.2. The molecule has 0 saturated carbocycles. The van der Waals surface area contributed by atoms with E-state index in [1.165, 1.54) is 6.92 Å². The van der Waals surface area contributed by atoms with E-state index < -0.39 is 5.43 Å². The van der Waals surface area contributed by atoms with Gasteiger partial charge in [-0.25, -0.2) is 0 Å². The van der Waals surface area contributed by atoms with Crippen molar-refractivity contribution in [1.82, 2.24) is 4.98 Å². The molecule has 1 heterocycles. The molecule has 4 nitrogen and oxygen atoms in total. The van der Waals surface area contributed by atoms with Gasteiger partial charge in [0.2, 0.25) is 5.43 Å². The van der Waals surface area contributed by atoms with E-state index in [1.54, 1.807) is 0 Å². The van der Waals surface area contributed by atoms with Crippen molar-refractivity contribution < 1.29 is 9.59 Å². The zero-order chi connectivity index (χ0) is 15.2. The van der Waals surface area contributed by atoms with E-state index in [0.29, 0.717) is 24.2 Å². The molecule has 108 valence electrons. The molecule has 0 radical (unpaired) electrons. The van der Waals surface area contributed by atoms with Crippen LogP contribution in [0.1, 0.15) is 79.1 Å². The first-order valence-corrected chi connectivity index (χ1v) is 6.97. The molecule has 1 aromatic rings. The highest BCUT2D eigenvalue weighted by molar-refractivity contribution is 6.02. The molecule has 0 bridgehead atoms. The number of ketones is 2. The Morgan fingerprint density at radius 3 is 2.30 bits per heavy atom. The Labute approximate surface area is 118 Å². The zero-order valence-electron chi connectivity index (χ0n) is 12.7. The van der Waals surface area contributed by atoms with Gasteiger partial charge in [0.15, 0.2) is 11.6 Å². The van der Waals surface area contributed by atoms with E-state index in [-0.39, 0.29) is 34.0 Å². The first-order chi connectivity index (χ1) is 9.14. The zero-order valence-corrected chi connectivity index (χ0v) is 12.7. The quantitative estimate of drug-likeness (QED) is 0.844. The summed E-state index contributed by atoms with van der Waals surface area (Å²) in [6.07, 6.45) is 1.00. The van der Waals surface area contributed by atoms with Crippen LogP contribution in [0, 0.1) is 5.41 Å². The van der Waals surface area contributed by atoms with Crippen molar-refractivity contribution in [1.29, 1.82) is 0 Å². The SMILES string of the molecule is CC(=O)c1c(C(C)C)[nH]c2c(c1=O)C(=O)CC(C)(C)C2. The molecular weight excluding hydrogens is 254 g/mol. The molecule has 0 aromatic carbocycles. The van der Waals surface area contributed by atoms with Crippen molar-refractivity contribution in [2.45, 2.75) is 53.4 Å². The van der Waals surface area contributed by atoms with Crippen molar-refractivity contribution in [2.24, 2.45) is 5.41 Å². The maximum atomic E-state index is 12.5. The molecule has 0 atom stereocenters. The predicted octanol–water partition coefficient (Wildman–Crippen LogP) is 2.86. The highest BCUT2D eigenvalue weighted by Crippen LogP contribution is 2.33. The molecular formula is C16H21NO3. The number of fused-ring (bicyclic) bond motifs is 1. The molecule has 2 rings (SSSR count). The number of carbonyl (C=O) groups is 2. The summed E-state index contributed by atoms with van der Waals surface area (Å²) in [5, 5.41) is 0. The van der Waals surface area contributed by atoms with Gasteiger partial charge in [0.1, 0.15) is 0 Å². The third kappa shape index (κ3) is 2.35. The summed E-state index contributed by atoms with van der Waals surface area (Å²) in [4.78, 5) is 39.8. The molecule has 1 N–H and O–H groups in total. The van der Waals surface area contributed by atoms with Crippen LogP contribution in [0.15, 0.2) is 4.79 Å². The Hall–Kier alpha value is -1.71. The lowest BCUT2D eigenvalue weighted by Crippen LogP contribution is -2.35. The summed E-state index contributed by atoms with van der Waals surface area (Å²) in [6, 6.07) is 0. The van der Waals surface area contributed by atoms with Crippen LogP contribution < -0.4 is 5.43 Å². The van der Waals surface area contributed by atoms with Crippen LogP contribution in [0.25, 0.3) is 0 Å². The Morgan fingerprint density at radius 1 is 1.20 bits per heavy atom. The van der Waals surface area contributed by atoms with Crippen molar-refractivity contribution >= 4 is 11.6 Å². The predicted molar refractivity (Wildman–Crippen MR) is 77.6 cm³/mol. The summed E-state index contributed by atoms with van der Waals surface area (Å²) in [7, 11) is 0. The topological polar surface area (TPSA) is 67.0 Å². The first-order valence-electron chi connectivity index (χ1n) is 6.97. The van der Waals surface area contributed by atoms with Gasteiger partial charge in [-0.3, -0.25) is 14.4 Å². The molecule has 4 heteroatoms.